The summed E-state index contributed by atoms with van der Waals surface area (Å²) in [6, 6.07) is 1.58. The Morgan fingerprint density at radius 2 is 2.35 bits per heavy atom. The Morgan fingerprint density at radius 1 is 1.65 bits per heavy atom. The van der Waals surface area contributed by atoms with E-state index in [1.54, 1.807) is 11.4 Å². The molecule has 0 unspecified atom stereocenters. The molecule has 0 fully saturated rings. The van der Waals surface area contributed by atoms with Gasteiger partial charge in [-0.2, -0.15) is 0 Å². The second-order valence-electron chi connectivity index (χ2n) is 3.28. The van der Waals surface area contributed by atoms with Crippen LogP contribution in [0.15, 0.2) is 11.4 Å². The van der Waals surface area contributed by atoms with Crippen molar-refractivity contribution in [2.24, 2.45) is 5.73 Å². The maximum absolute atomic E-state index is 12.1. The van der Waals surface area contributed by atoms with Crippen LogP contribution < -0.4 is 5.73 Å². The van der Waals surface area contributed by atoms with E-state index in [1.807, 2.05) is 0 Å². The third-order valence-electron chi connectivity index (χ3n) is 1.92. The Balaban J connectivity index is 2.72. The second kappa shape index (κ2) is 6.33. The van der Waals surface area contributed by atoms with E-state index in [0.717, 1.165) is 4.90 Å². The predicted molar refractivity (Wildman–Crippen MR) is 63.2 cm³/mol. The van der Waals surface area contributed by atoms with Gasteiger partial charge in [-0.25, -0.2) is 8.78 Å². The average Bonchev–Trinajstić information content (AvgIpc) is 2.72. The van der Waals surface area contributed by atoms with E-state index in [2.05, 4.69) is 11.8 Å². The maximum Gasteiger partial charge on any atom is 0.255 e. The Hall–Kier alpha value is -1.45. The van der Waals surface area contributed by atoms with Crippen LogP contribution in [0.2, 0.25) is 0 Å². The van der Waals surface area contributed by atoms with Gasteiger partial charge >= 0.3 is 0 Å². The van der Waals surface area contributed by atoms with Crippen molar-refractivity contribution >= 4 is 17.2 Å². The first-order chi connectivity index (χ1) is 8.04. The van der Waals surface area contributed by atoms with Crippen molar-refractivity contribution in [1.82, 2.24) is 4.90 Å². The molecule has 0 bridgehead atoms. The summed E-state index contributed by atoms with van der Waals surface area (Å²) in [5, 5.41) is 1.60. The van der Waals surface area contributed by atoms with Crippen LogP contribution in [0.5, 0.6) is 0 Å². The number of nitrogens with zero attached hydrogens (tertiary/aromatic N) is 1. The van der Waals surface area contributed by atoms with Crippen LogP contribution >= 0.6 is 11.3 Å². The van der Waals surface area contributed by atoms with E-state index in [0.29, 0.717) is 10.4 Å². The highest BCUT2D eigenvalue weighted by Gasteiger charge is 2.16. The van der Waals surface area contributed by atoms with Gasteiger partial charge in [0.1, 0.15) is 0 Å². The number of carbonyl (C=O) groups excluding carboxylic acids is 1. The molecule has 0 aromatic carbocycles. The number of nitrogens with two attached hydrogens (primary N) is 1. The molecule has 0 aliphatic rings. The van der Waals surface area contributed by atoms with Gasteiger partial charge in [-0.3, -0.25) is 4.79 Å². The van der Waals surface area contributed by atoms with Crippen LogP contribution in [0.25, 0.3) is 0 Å². The summed E-state index contributed by atoms with van der Waals surface area (Å²) >= 11 is 1.29. The number of hydrogen-bond acceptors (Lipinski definition) is 3. The molecule has 0 atom stereocenters. The highest BCUT2D eigenvalue weighted by Crippen LogP contribution is 2.15. The minimum Gasteiger partial charge on any atom is -0.336 e. The zero-order valence-corrected chi connectivity index (χ0v) is 10.1. The lowest BCUT2D eigenvalue weighted by atomic mass is 10.2. The first kappa shape index (κ1) is 13.6. The highest BCUT2D eigenvalue weighted by atomic mass is 32.1. The van der Waals surface area contributed by atoms with E-state index in [-0.39, 0.29) is 6.54 Å². The Morgan fingerprint density at radius 3 is 2.94 bits per heavy atom. The summed E-state index contributed by atoms with van der Waals surface area (Å²) in [5.74, 6) is 5.02. The zero-order valence-electron chi connectivity index (χ0n) is 9.24. The molecule has 17 heavy (non-hydrogen) atoms. The summed E-state index contributed by atoms with van der Waals surface area (Å²) in [5.41, 5.74) is 5.59. The number of carbonyl (C=O) groups is 1. The number of alkyl halides is 2. The standard InChI is InChI=1S/C11H12F2N2OS/c1-15(6-10(12)13)11(16)8-5-9(17-7-8)3-2-4-14/h5,7,10H,4,6,14H2,1H3. The fourth-order valence-electron chi connectivity index (χ4n) is 1.16. The molecule has 0 radical (unpaired) electrons. The summed E-state index contributed by atoms with van der Waals surface area (Å²) in [4.78, 5) is 13.4. The first-order valence-corrected chi connectivity index (χ1v) is 5.73. The van der Waals surface area contributed by atoms with Crippen molar-refractivity contribution in [3.8, 4) is 11.8 Å². The molecule has 1 rings (SSSR count). The molecule has 3 nitrogen and oxygen atoms in total. The van der Waals surface area contributed by atoms with Crippen molar-refractivity contribution in [2.45, 2.75) is 6.43 Å². The molecule has 0 aliphatic heterocycles. The van der Waals surface area contributed by atoms with Crippen LogP contribution in [0.4, 0.5) is 8.78 Å². The minimum atomic E-state index is -2.53. The van der Waals surface area contributed by atoms with Crippen molar-refractivity contribution in [3.63, 3.8) is 0 Å². The van der Waals surface area contributed by atoms with Gasteiger partial charge in [-0.15, -0.1) is 11.3 Å². The fourth-order valence-corrected chi connectivity index (χ4v) is 1.91. The molecule has 0 saturated carbocycles. The van der Waals surface area contributed by atoms with Crippen molar-refractivity contribution in [2.75, 3.05) is 20.1 Å². The molecule has 1 aromatic heterocycles. The molecular formula is C11H12F2N2OS. The normalized spacial score (nSPS) is 9.94. The molecular weight excluding hydrogens is 246 g/mol. The molecule has 0 saturated heterocycles. The lowest BCUT2D eigenvalue weighted by molar-refractivity contribution is 0.0621. The molecule has 1 heterocycles. The van der Waals surface area contributed by atoms with E-state index in [9.17, 15) is 13.6 Å². The minimum absolute atomic E-state index is 0.243. The maximum atomic E-state index is 12.1. The fraction of sp³-hybridized carbons (Fsp3) is 0.364. The number of thiophene rings is 1. The molecule has 0 aliphatic carbocycles. The lowest BCUT2D eigenvalue weighted by Gasteiger charge is -2.15. The predicted octanol–water partition coefficient (Wildman–Crippen LogP) is 1.40. The van der Waals surface area contributed by atoms with Gasteiger partial charge in [0.25, 0.3) is 12.3 Å². The third kappa shape index (κ3) is 4.13. The van der Waals surface area contributed by atoms with Crippen LogP contribution in [0.1, 0.15) is 15.2 Å². The van der Waals surface area contributed by atoms with E-state index in [4.69, 9.17) is 5.73 Å². The van der Waals surface area contributed by atoms with Gasteiger partial charge in [0.2, 0.25) is 0 Å². The number of amides is 1. The number of hydrogen-bond donors (Lipinski definition) is 1. The average molecular weight is 258 g/mol. The van der Waals surface area contributed by atoms with Gasteiger partial charge in [-0.1, -0.05) is 11.8 Å². The summed E-state index contributed by atoms with van der Waals surface area (Å²) in [6.45, 7) is -0.328. The second-order valence-corrected chi connectivity index (χ2v) is 4.19. The quantitative estimate of drug-likeness (QED) is 0.833. The van der Waals surface area contributed by atoms with Crippen LogP contribution in [-0.4, -0.2) is 37.4 Å². The smallest absolute Gasteiger partial charge is 0.255 e. The number of halogens is 2. The largest absolute Gasteiger partial charge is 0.336 e. The SMILES string of the molecule is CN(CC(F)F)C(=O)c1csc(C#CCN)c1. The Kier molecular flexibility index (Phi) is 5.07. The highest BCUT2D eigenvalue weighted by molar-refractivity contribution is 7.10. The van der Waals surface area contributed by atoms with Gasteiger partial charge in [0, 0.05) is 12.4 Å². The summed E-state index contributed by atoms with van der Waals surface area (Å²) in [6.07, 6.45) is -2.53. The summed E-state index contributed by atoms with van der Waals surface area (Å²) in [7, 11) is 1.34. The van der Waals surface area contributed by atoms with Gasteiger partial charge in [0.15, 0.2) is 0 Å². The van der Waals surface area contributed by atoms with E-state index >= 15 is 0 Å². The van der Waals surface area contributed by atoms with E-state index in [1.165, 1.54) is 18.4 Å². The van der Waals surface area contributed by atoms with Crippen LogP contribution in [-0.2, 0) is 0 Å². The number of rotatable bonds is 3. The molecule has 1 aromatic rings. The molecule has 6 heteroatoms. The lowest BCUT2D eigenvalue weighted by Crippen LogP contribution is -2.30. The van der Waals surface area contributed by atoms with Crippen LogP contribution in [0.3, 0.4) is 0 Å². The first-order valence-electron chi connectivity index (χ1n) is 4.85. The topological polar surface area (TPSA) is 46.3 Å². The molecule has 0 spiro atoms. The van der Waals surface area contributed by atoms with Crippen molar-refractivity contribution in [1.29, 1.82) is 0 Å². The molecule has 1 amide bonds. The molecule has 92 valence electrons. The molecule has 2 N–H and O–H groups in total. The van der Waals surface area contributed by atoms with Gasteiger partial charge in [0.05, 0.1) is 23.5 Å². The zero-order chi connectivity index (χ0) is 12.8. The van der Waals surface area contributed by atoms with Crippen molar-refractivity contribution < 1.29 is 13.6 Å². The van der Waals surface area contributed by atoms with Gasteiger partial charge < -0.3 is 10.6 Å². The van der Waals surface area contributed by atoms with Gasteiger partial charge in [-0.05, 0) is 6.07 Å². The monoisotopic (exact) mass is 258 g/mol. The Labute approximate surface area is 102 Å². The summed E-state index contributed by atoms with van der Waals surface area (Å²) < 4.78 is 24.2. The Bertz CT molecular complexity index is 448. The van der Waals surface area contributed by atoms with Crippen molar-refractivity contribution in [3.05, 3.63) is 21.9 Å². The third-order valence-corrected chi connectivity index (χ3v) is 2.76. The van der Waals surface area contributed by atoms with E-state index < -0.39 is 18.9 Å². The van der Waals surface area contributed by atoms with Crippen LogP contribution in [0, 0.1) is 11.8 Å².